The minimum atomic E-state index is -1.17. The molecular formula is C30H26BrNO3. The second kappa shape index (κ2) is 11.2. The second-order valence-corrected chi connectivity index (χ2v) is 9.14. The standard InChI is InChI=1S/C30H26BrNO3/c1-35-28(33)27(21-22-17-19-26(31)20-18-22)32-29(34)30(23-11-5-2-6-12-23,24-13-7-3-8-14-24)25-15-9-4-10-16-25/h2-20,27H,21H2,1H3,(H,32,34)/t27-/m1/s1. The lowest BCUT2D eigenvalue weighted by atomic mass is 9.68. The topological polar surface area (TPSA) is 55.4 Å². The molecule has 0 fully saturated rings. The number of carbonyl (C=O) groups excluding carboxylic acids is 2. The zero-order chi connectivity index (χ0) is 24.7. The SMILES string of the molecule is COC(=O)[C@@H](Cc1ccc(Br)cc1)NC(=O)C(c1ccccc1)(c1ccccc1)c1ccccc1. The molecule has 0 heterocycles. The van der Waals surface area contributed by atoms with E-state index in [2.05, 4.69) is 21.2 Å². The van der Waals surface area contributed by atoms with Gasteiger partial charge < -0.3 is 10.1 Å². The smallest absolute Gasteiger partial charge is 0.328 e. The first-order valence-corrected chi connectivity index (χ1v) is 12.1. The Morgan fingerprint density at radius 3 is 1.57 bits per heavy atom. The molecule has 1 N–H and O–H groups in total. The Bertz CT molecular complexity index is 1160. The highest BCUT2D eigenvalue weighted by atomic mass is 79.9. The summed E-state index contributed by atoms with van der Waals surface area (Å²) in [5.41, 5.74) is 2.16. The lowest BCUT2D eigenvalue weighted by Gasteiger charge is -2.35. The average Bonchev–Trinajstić information content (AvgIpc) is 2.91. The molecule has 4 nitrogen and oxygen atoms in total. The van der Waals surface area contributed by atoms with E-state index in [0.717, 1.165) is 26.7 Å². The summed E-state index contributed by atoms with van der Waals surface area (Å²) in [5.74, 6) is -0.794. The van der Waals surface area contributed by atoms with Crippen LogP contribution in [0.15, 0.2) is 120 Å². The Morgan fingerprint density at radius 2 is 1.17 bits per heavy atom. The molecule has 1 atom stereocenters. The number of hydrogen-bond donors (Lipinski definition) is 1. The van der Waals surface area contributed by atoms with Crippen LogP contribution < -0.4 is 5.32 Å². The number of halogens is 1. The highest BCUT2D eigenvalue weighted by molar-refractivity contribution is 9.10. The second-order valence-electron chi connectivity index (χ2n) is 8.23. The Balaban J connectivity index is 1.84. The predicted octanol–water partition coefficient (Wildman–Crippen LogP) is 5.68. The molecule has 0 spiro atoms. The highest BCUT2D eigenvalue weighted by Crippen LogP contribution is 2.39. The first-order chi connectivity index (χ1) is 17.1. The molecule has 0 aliphatic rings. The molecule has 0 aliphatic heterocycles. The van der Waals surface area contributed by atoms with Gasteiger partial charge in [0.1, 0.15) is 11.5 Å². The normalized spacial score (nSPS) is 11.9. The number of ether oxygens (including phenoxy) is 1. The minimum absolute atomic E-state index is 0.298. The van der Waals surface area contributed by atoms with Crippen LogP contribution in [0.2, 0.25) is 0 Å². The molecule has 0 aromatic heterocycles. The Kier molecular flexibility index (Phi) is 7.78. The summed E-state index contributed by atoms with van der Waals surface area (Å²) in [6.07, 6.45) is 0.306. The highest BCUT2D eigenvalue weighted by Gasteiger charge is 2.45. The molecule has 0 aliphatic carbocycles. The molecule has 0 bridgehead atoms. The molecule has 0 radical (unpaired) electrons. The fraction of sp³-hybridized carbons (Fsp3) is 0.133. The third-order valence-electron chi connectivity index (χ3n) is 6.11. The first kappa shape index (κ1) is 24.4. The van der Waals surface area contributed by atoms with Crippen molar-refractivity contribution in [2.45, 2.75) is 17.9 Å². The molecule has 0 saturated carbocycles. The quantitative estimate of drug-likeness (QED) is 0.236. The average molecular weight is 528 g/mol. The Hall–Kier alpha value is -3.70. The number of carbonyl (C=O) groups is 2. The van der Waals surface area contributed by atoms with E-state index >= 15 is 0 Å². The van der Waals surface area contributed by atoms with Gasteiger partial charge in [-0.15, -0.1) is 0 Å². The maximum Gasteiger partial charge on any atom is 0.328 e. The van der Waals surface area contributed by atoms with Crippen molar-refractivity contribution in [1.29, 1.82) is 0 Å². The van der Waals surface area contributed by atoms with E-state index in [9.17, 15) is 9.59 Å². The fourth-order valence-electron chi connectivity index (χ4n) is 4.42. The van der Waals surface area contributed by atoms with Crippen molar-refractivity contribution in [2.24, 2.45) is 0 Å². The van der Waals surface area contributed by atoms with Gasteiger partial charge in [-0.3, -0.25) is 4.79 Å². The van der Waals surface area contributed by atoms with Crippen LogP contribution in [0.25, 0.3) is 0 Å². The van der Waals surface area contributed by atoms with E-state index in [-0.39, 0.29) is 5.91 Å². The van der Waals surface area contributed by atoms with Gasteiger partial charge in [-0.2, -0.15) is 0 Å². The summed E-state index contributed by atoms with van der Waals surface area (Å²) in [6, 6.07) is 35.8. The van der Waals surface area contributed by atoms with Gasteiger partial charge in [0.25, 0.3) is 0 Å². The number of esters is 1. The van der Waals surface area contributed by atoms with Crippen molar-refractivity contribution in [2.75, 3.05) is 7.11 Å². The Morgan fingerprint density at radius 1 is 0.743 bits per heavy atom. The lowest BCUT2D eigenvalue weighted by Crippen LogP contribution is -2.52. The van der Waals surface area contributed by atoms with Crippen LogP contribution in [0.3, 0.4) is 0 Å². The molecule has 5 heteroatoms. The maximum absolute atomic E-state index is 14.4. The summed E-state index contributed by atoms with van der Waals surface area (Å²) < 4.78 is 6.02. The molecule has 176 valence electrons. The summed E-state index contributed by atoms with van der Waals surface area (Å²) in [4.78, 5) is 27.2. The third-order valence-corrected chi connectivity index (χ3v) is 6.63. The predicted molar refractivity (Wildman–Crippen MR) is 141 cm³/mol. The first-order valence-electron chi connectivity index (χ1n) is 11.4. The molecule has 4 aromatic rings. The van der Waals surface area contributed by atoms with Crippen LogP contribution in [0.1, 0.15) is 22.3 Å². The molecule has 35 heavy (non-hydrogen) atoms. The van der Waals surface area contributed by atoms with Gasteiger partial charge in [0.05, 0.1) is 7.11 Å². The van der Waals surface area contributed by atoms with Crippen LogP contribution in [0.4, 0.5) is 0 Å². The van der Waals surface area contributed by atoms with Crippen molar-refractivity contribution in [3.05, 3.63) is 142 Å². The van der Waals surface area contributed by atoms with Gasteiger partial charge in [-0.1, -0.05) is 119 Å². The van der Waals surface area contributed by atoms with E-state index in [1.807, 2.05) is 115 Å². The molecule has 1 amide bonds. The van der Waals surface area contributed by atoms with E-state index in [1.165, 1.54) is 7.11 Å². The van der Waals surface area contributed by atoms with Crippen molar-refractivity contribution in [1.82, 2.24) is 5.32 Å². The van der Waals surface area contributed by atoms with Gasteiger partial charge in [-0.25, -0.2) is 4.79 Å². The molecule has 4 rings (SSSR count). The zero-order valence-electron chi connectivity index (χ0n) is 19.4. The van der Waals surface area contributed by atoms with Gasteiger partial charge in [0.2, 0.25) is 5.91 Å². The number of amides is 1. The van der Waals surface area contributed by atoms with Gasteiger partial charge in [0, 0.05) is 10.9 Å². The van der Waals surface area contributed by atoms with Crippen molar-refractivity contribution < 1.29 is 14.3 Å². The van der Waals surface area contributed by atoms with Crippen molar-refractivity contribution in [3.8, 4) is 0 Å². The molecule has 4 aromatic carbocycles. The summed E-state index contributed by atoms with van der Waals surface area (Å²) in [7, 11) is 1.34. The monoisotopic (exact) mass is 527 g/mol. The number of nitrogens with one attached hydrogen (secondary N) is 1. The molecular weight excluding hydrogens is 502 g/mol. The fourth-order valence-corrected chi connectivity index (χ4v) is 4.68. The third kappa shape index (κ3) is 5.20. The largest absolute Gasteiger partial charge is 0.467 e. The Labute approximate surface area is 214 Å². The number of rotatable bonds is 8. The van der Waals surface area contributed by atoms with Crippen LogP contribution in [-0.2, 0) is 26.2 Å². The van der Waals surface area contributed by atoms with Crippen LogP contribution in [-0.4, -0.2) is 25.0 Å². The van der Waals surface area contributed by atoms with Crippen molar-refractivity contribution in [3.63, 3.8) is 0 Å². The van der Waals surface area contributed by atoms with Crippen LogP contribution >= 0.6 is 15.9 Å². The van der Waals surface area contributed by atoms with Gasteiger partial charge >= 0.3 is 5.97 Å². The number of hydrogen-bond acceptors (Lipinski definition) is 3. The van der Waals surface area contributed by atoms with Gasteiger partial charge in [-0.05, 0) is 34.4 Å². The van der Waals surface area contributed by atoms with E-state index in [0.29, 0.717) is 6.42 Å². The lowest BCUT2D eigenvalue weighted by molar-refractivity contribution is -0.145. The summed E-state index contributed by atoms with van der Waals surface area (Å²) in [6.45, 7) is 0. The van der Waals surface area contributed by atoms with Crippen LogP contribution in [0.5, 0.6) is 0 Å². The van der Waals surface area contributed by atoms with E-state index in [4.69, 9.17) is 4.74 Å². The minimum Gasteiger partial charge on any atom is -0.467 e. The van der Waals surface area contributed by atoms with Gasteiger partial charge in [0.15, 0.2) is 0 Å². The van der Waals surface area contributed by atoms with Crippen molar-refractivity contribution >= 4 is 27.8 Å². The summed E-state index contributed by atoms with van der Waals surface area (Å²) >= 11 is 3.44. The number of methoxy groups -OCH3 is 1. The van der Waals surface area contributed by atoms with E-state index < -0.39 is 17.4 Å². The maximum atomic E-state index is 14.4. The van der Waals surface area contributed by atoms with E-state index in [1.54, 1.807) is 0 Å². The number of benzene rings is 4. The van der Waals surface area contributed by atoms with Crippen LogP contribution in [0, 0.1) is 0 Å². The molecule has 0 saturated heterocycles. The molecule has 0 unspecified atom stereocenters. The summed E-state index contributed by atoms with van der Waals surface area (Å²) in [5, 5.41) is 3.04. The zero-order valence-corrected chi connectivity index (χ0v) is 20.9.